The van der Waals surface area contributed by atoms with Crippen LogP contribution in [0.2, 0.25) is 5.02 Å². The van der Waals surface area contributed by atoms with Crippen molar-refractivity contribution in [2.45, 2.75) is 44.7 Å². The molecule has 2 aromatic carbocycles. The molecule has 0 aliphatic carbocycles. The lowest BCUT2D eigenvalue weighted by atomic mass is 10.1. The Morgan fingerprint density at radius 3 is 2.56 bits per heavy atom. The van der Waals surface area contributed by atoms with Crippen LogP contribution in [0, 0.1) is 17.0 Å². The largest absolute Gasteiger partial charge is 0.346 e. The number of halogens is 1. The van der Waals surface area contributed by atoms with Crippen molar-refractivity contribution >= 4 is 27.3 Å². The maximum absolute atomic E-state index is 13.4. The maximum atomic E-state index is 13.4. The summed E-state index contributed by atoms with van der Waals surface area (Å²) in [7, 11) is -3.96. The summed E-state index contributed by atoms with van der Waals surface area (Å²) in [5.74, 6) is 0. The van der Waals surface area contributed by atoms with Gasteiger partial charge in [-0.1, -0.05) is 49.2 Å². The zero-order chi connectivity index (χ0) is 23.3. The molecule has 0 aliphatic rings. The number of rotatable bonds is 10. The fourth-order valence-electron chi connectivity index (χ4n) is 3.46. The van der Waals surface area contributed by atoms with Gasteiger partial charge in [0.15, 0.2) is 0 Å². The second-order valence-electron chi connectivity index (χ2n) is 7.62. The number of unbranched alkanes of at least 4 members (excludes halogenated alkanes) is 1. The highest BCUT2D eigenvalue weighted by Crippen LogP contribution is 2.29. The van der Waals surface area contributed by atoms with Crippen LogP contribution >= 0.6 is 11.6 Å². The van der Waals surface area contributed by atoms with Crippen LogP contribution in [0.1, 0.15) is 36.6 Å². The van der Waals surface area contributed by atoms with E-state index in [9.17, 15) is 18.5 Å². The van der Waals surface area contributed by atoms with Gasteiger partial charge in [0.25, 0.3) is 5.69 Å². The number of hydrogen-bond acceptors (Lipinski definition) is 4. The molecule has 0 saturated carbocycles. The molecule has 3 aromatic rings. The molecule has 1 aromatic heterocycles. The van der Waals surface area contributed by atoms with Crippen LogP contribution in [0.5, 0.6) is 0 Å². The highest BCUT2D eigenvalue weighted by molar-refractivity contribution is 7.89. The normalized spacial score (nSPS) is 11.8. The molecule has 0 amide bonds. The van der Waals surface area contributed by atoms with Crippen LogP contribution in [-0.4, -0.2) is 28.8 Å². The Morgan fingerprint density at radius 2 is 1.88 bits per heavy atom. The molecule has 0 atom stereocenters. The first kappa shape index (κ1) is 24.0. The average Bonchev–Trinajstić information content (AvgIpc) is 3.19. The van der Waals surface area contributed by atoms with E-state index < -0.39 is 20.6 Å². The quantitative estimate of drug-likeness (QED) is 0.290. The van der Waals surface area contributed by atoms with Crippen LogP contribution in [-0.2, 0) is 23.1 Å². The first-order valence-electron chi connectivity index (χ1n) is 10.4. The standard InChI is InChI=1S/C23H26ClN3O4S/c1-3-4-14-26(32(30,31)21-11-12-22(24)23(15-21)27(28)29)17-20-10-7-13-25(20)16-19-9-6-5-8-18(19)2/h5-13,15H,3-4,14,16-17H2,1-2H3. The fraction of sp³-hybridized carbons (Fsp3) is 0.304. The Bertz CT molecular complexity index is 1210. The van der Waals surface area contributed by atoms with Crippen LogP contribution in [0.3, 0.4) is 0 Å². The Hall–Kier alpha value is -2.68. The fourth-order valence-corrected chi connectivity index (χ4v) is 5.12. The lowest BCUT2D eigenvalue weighted by Gasteiger charge is -2.23. The highest BCUT2D eigenvalue weighted by Gasteiger charge is 2.28. The summed E-state index contributed by atoms with van der Waals surface area (Å²) in [6.07, 6.45) is 3.42. The SMILES string of the molecule is CCCCN(Cc1cccn1Cc1ccccc1C)S(=O)(=O)c1ccc(Cl)c([N+](=O)[O-])c1. The van der Waals surface area contributed by atoms with Gasteiger partial charge in [-0.05, 0) is 48.7 Å². The summed E-state index contributed by atoms with van der Waals surface area (Å²) < 4.78 is 30.3. The Balaban J connectivity index is 1.93. The summed E-state index contributed by atoms with van der Waals surface area (Å²) in [6.45, 7) is 5.13. The van der Waals surface area contributed by atoms with Gasteiger partial charge in [0.05, 0.1) is 16.4 Å². The third-order valence-electron chi connectivity index (χ3n) is 5.38. The van der Waals surface area contributed by atoms with Gasteiger partial charge < -0.3 is 4.57 Å². The number of nitro benzene ring substituents is 1. The third kappa shape index (κ3) is 5.38. The number of sulfonamides is 1. The van der Waals surface area contributed by atoms with E-state index in [-0.39, 0.29) is 16.5 Å². The predicted molar refractivity (Wildman–Crippen MR) is 125 cm³/mol. The molecule has 0 aliphatic heterocycles. The number of aryl methyl sites for hydroxylation is 1. The molecule has 170 valence electrons. The molecule has 0 fully saturated rings. The van der Waals surface area contributed by atoms with Gasteiger partial charge >= 0.3 is 0 Å². The van der Waals surface area contributed by atoms with Crippen molar-refractivity contribution in [3.8, 4) is 0 Å². The summed E-state index contributed by atoms with van der Waals surface area (Å²) in [6, 6.07) is 15.5. The van der Waals surface area contributed by atoms with Gasteiger partial charge in [-0.3, -0.25) is 10.1 Å². The van der Waals surface area contributed by atoms with Crippen molar-refractivity contribution in [1.29, 1.82) is 0 Å². The van der Waals surface area contributed by atoms with E-state index in [1.54, 1.807) is 0 Å². The number of hydrogen-bond donors (Lipinski definition) is 0. The third-order valence-corrected chi connectivity index (χ3v) is 7.54. The first-order chi connectivity index (χ1) is 15.2. The Kier molecular flexibility index (Phi) is 7.71. The predicted octanol–water partition coefficient (Wildman–Crippen LogP) is 5.40. The van der Waals surface area contributed by atoms with Gasteiger partial charge in [0.2, 0.25) is 10.0 Å². The molecule has 7 nitrogen and oxygen atoms in total. The minimum atomic E-state index is -3.96. The molecule has 9 heteroatoms. The van der Waals surface area contributed by atoms with Crippen molar-refractivity contribution < 1.29 is 13.3 Å². The molecular formula is C23H26ClN3O4S. The van der Waals surface area contributed by atoms with E-state index >= 15 is 0 Å². The highest BCUT2D eigenvalue weighted by atomic mass is 35.5. The van der Waals surface area contributed by atoms with Crippen LogP contribution < -0.4 is 0 Å². The molecule has 0 saturated heterocycles. The number of nitrogens with zero attached hydrogens (tertiary/aromatic N) is 3. The number of benzene rings is 2. The summed E-state index contributed by atoms with van der Waals surface area (Å²) >= 11 is 5.88. The van der Waals surface area contributed by atoms with E-state index in [2.05, 4.69) is 6.07 Å². The van der Waals surface area contributed by atoms with E-state index in [0.29, 0.717) is 19.5 Å². The van der Waals surface area contributed by atoms with Crippen LogP contribution in [0.25, 0.3) is 0 Å². The zero-order valence-electron chi connectivity index (χ0n) is 18.1. The first-order valence-corrected chi connectivity index (χ1v) is 12.2. The molecule has 0 N–H and O–H groups in total. The second-order valence-corrected chi connectivity index (χ2v) is 9.96. The second kappa shape index (κ2) is 10.3. The van der Waals surface area contributed by atoms with Crippen molar-refractivity contribution in [1.82, 2.24) is 8.87 Å². The van der Waals surface area contributed by atoms with Crippen molar-refractivity contribution in [3.05, 3.63) is 92.8 Å². The van der Waals surface area contributed by atoms with Gasteiger partial charge in [0.1, 0.15) is 5.02 Å². The lowest BCUT2D eigenvalue weighted by molar-refractivity contribution is -0.384. The molecule has 0 unspecified atom stereocenters. The Morgan fingerprint density at radius 1 is 1.12 bits per heavy atom. The van der Waals surface area contributed by atoms with Crippen molar-refractivity contribution in [3.63, 3.8) is 0 Å². The summed E-state index contributed by atoms with van der Waals surface area (Å²) in [4.78, 5) is 10.4. The molecule has 1 heterocycles. The molecule has 0 bridgehead atoms. The molecule has 0 spiro atoms. The van der Waals surface area contributed by atoms with Crippen LogP contribution in [0.4, 0.5) is 5.69 Å². The molecule has 3 rings (SSSR count). The summed E-state index contributed by atoms with van der Waals surface area (Å²) in [5.41, 5.74) is 2.74. The Labute approximate surface area is 193 Å². The lowest BCUT2D eigenvalue weighted by Crippen LogP contribution is -2.32. The average molecular weight is 476 g/mol. The minimum Gasteiger partial charge on any atom is -0.346 e. The molecule has 32 heavy (non-hydrogen) atoms. The molecule has 0 radical (unpaired) electrons. The van der Waals surface area contributed by atoms with Crippen molar-refractivity contribution in [2.75, 3.05) is 6.54 Å². The number of nitro groups is 1. The topological polar surface area (TPSA) is 85.5 Å². The monoisotopic (exact) mass is 475 g/mol. The van der Waals surface area contributed by atoms with E-state index in [1.807, 2.05) is 54.9 Å². The zero-order valence-corrected chi connectivity index (χ0v) is 19.6. The summed E-state index contributed by atoms with van der Waals surface area (Å²) in [5, 5.41) is 11.2. The van der Waals surface area contributed by atoms with Crippen LogP contribution in [0.15, 0.2) is 65.7 Å². The molecular weight excluding hydrogens is 450 g/mol. The smallest absolute Gasteiger partial charge is 0.289 e. The van der Waals surface area contributed by atoms with E-state index in [0.717, 1.165) is 29.3 Å². The minimum absolute atomic E-state index is 0.0961. The maximum Gasteiger partial charge on any atom is 0.289 e. The van der Waals surface area contributed by atoms with Gasteiger partial charge in [-0.2, -0.15) is 4.31 Å². The van der Waals surface area contributed by atoms with Gasteiger partial charge in [0, 0.05) is 31.0 Å². The van der Waals surface area contributed by atoms with Gasteiger partial charge in [-0.15, -0.1) is 0 Å². The van der Waals surface area contributed by atoms with E-state index in [1.165, 1.54) is 16.4 Å². The van der Waals surface area contributed by atoms with E-state index in [4.69, 9.17) is 11.6 Å². The van der Waals surface area contributed by atoms with Gasteiger partial charge in [-0.25, -0.2) is 8.42 Å². The number of aromatic nitrogens is 1. The van der Waals surface area contributed by atoms with Crippen molar-refractivity contribution in [2.24, 2.45) is 0 Å².